The summed E-state index contributed by atoms with van der Waals surface area (Å²) in [5, 5.41) is 0. The Balaban J connectivity index is 1.78. The molecule has 0 spiro atoms. The van der Waals surface area contributed by atoms with E-state index in [2.05, 4.69) is 6.07 Å². The lowest BCUT2D eigenvalue weighted by Gasteiger charge is -2.47. The van der Waals surface area contributed by atoms with Crippen LogP contribution in [0.25, 0.3) is 0 Å². The van der Waals surface area contributed by atoms with Crippen molar-refractivity contribution in [1.29, 1.82) is 0 Å². The van der Waals surface area contributed by atoms with Crippen LogP contribution >= 0.6 is 0 Å². The van der Waals surface area contributed by atoms with Gasteiger partial charge < -0.3 is 14.2 Å². The summed E-state index contributed by atoms with van der Waals surface area (Å²) in [5.74, 6) is 1.92. The number of ether oxygens (including phenoxy) is 3. The molecule has 1 aliphatic heterocycles. The van der Waals surface area contributed by atoms with Crippen molar-refractivity contribution in [1.82, 2.24) is 0 Å². The molecule has 5 nitrogen and oxygen atoms in total. The third-order valence-corrected chi connectivity index (χ3v) is 5.77. The topological polar surface area (TPSA) is 48.0 Å². The van der Waals surface area contributed by atoms with Crippen LogP contribution in [-0.4, -0.2) is 26.2 Å². The summed E-state index contributed by atoms with van der Waals surface area (Å²) in [6, 6.07) is 19.3. The van der Waals surface area contributed by atoms with Gasteiger partial charge >= 0.3 is 0 Å². The number of aryl methyl sites for hydroxylation is 3. The van der Waals surface area contributed by atoms with Crippen molar-refractivity contribution < 1.29 is 19.0 Å². The number of carbonyl (C=O) groups is 1. The van der Waals surface area contributed by atoms with Gasteiger partial charge in [0.05, 0.1) is 14.2 Å². The molecule has 4 rings (SSSR count). The zero-order chi connectivity index (χ0) is 22.1. The molecule has 0 aromatic heterocycles. The van der Waals surface area contributed by atoms with Crippen molar-refractivity contribution in [2.75, 3.05) is 19.1 Å². The molecule has 0 bridgehead atoms. The smallest absolute Gasteiger partial charge is 0.271 e. The first-order chi connectivity index (χ1) is 14.9. The zero-order valence-corrected chi connectivity index (χ0v) is 18.5. The zero-order valence-electron chi connectivity index (χ0n) is 18.5. The molecule has 3 aromatic rings. The molecule has 1 aliphatic rings. The van der Waals surface area contributed by atoms with Gasteiger partial charge in [-0.2, -0.15) is 0 Å². The lowest BCUT2D eigenvalue weighted by Crippen LogP contribution is -2.62. The quantitative estimate of drug-likeness (QED) is 0.520. The molecule has 2 atom stereocenters. The number of hydrogen-bond acceptors (Lipinski definition) is 4. The van der Waals surface area contributed by atoms with E-state index in [1.807, 2.05) is 80.3 Å². The van der Waals surface area contributed by atoms with Gasteiger partial charge in [-0.3, -0.25) is 9.69 Å². The third kappa shape index (κ3) is 3.72. The summed E-state index contributed by atoms with van der Waals surface area (Å²) < 4.78 is 17.2. The molecule has 0 unspecified atom stereocenters. The SMILES string of the molecule is COc1ccc([C@@H]2[C@@H](Oc3ccccc3C)C(=O)N2c2cc(C)ccc2C)cc1OC. The first-order valence-electron chi connectivity index (χ1n) is 10.3. The minimum absolute atomic E-state index is 0.0586. The molecular weight excluding hydrogens is 390 g/mol. The normalized spacial score (nSPS) is 17.8. The van der Waals surface area contributed by atoms with Crippen LogP contribution in [-0.2, 0) is 4.79 Å². The van der Waals surface area contributed by atoms with E-state index < -0.39 is 6.10 Å². The number of amides is 1. The first kappa shape index (κ1) is 20.8. The lowest BCUT2D eigenvalue weighted by molar-refractivity contribution is -0.135. The van der Waals surface area contributed by atoms with E-state index in [4.69, 9.17) is 14.2 Å². The lowest BCUT2D eigenvalue weighted by atomic mass is 9.88. The van der Waals surface area contributed by atoms with Crippen molar-refractivity contribution in [3.8, 4) is 17.2 Å². The summed E-state index contributed by atoms with van der Waals surface area (Å²) in [4.78, 5) is 15.2. The second-order valence-electron chi connectivity index (χ2n) is 7.86. The number of benzene rings is 3. The highest BCUT2D eigenvalue weighted by molar-refractivity contribution is 6.06. The first-order valence-corrected chi connectivity index (χ1v) is 10.3. The van der Waals surface area contributed by atoms with Crippen molar-refractivity contribution >= 4 is 11.6 Å². The number of hydrogen-bond donors (Lipinski definition) is 0. The number of carbonyl (C=O) groups excluding carboxylic acids is 1. The van der Waals surface area contributed by atoms with Gasteiger partial charge in [0, 0.05) is 5.69 Å². The maximum Gasteiger partial charge on any atom is 0.271 e. The number of β-lactam (4-membered cyclic amide) rings is 1. The number of anilines is 1. The fraction of sp³-hybridized carbons (Fsp3) is 0.269. The molecule has 160 valence electrons. The van der Waals surface area contributed by atoms with Crippen LogP contribution in [0.2, 0.25) is 0 Å². The van der Waals surface area contributed by atoms with Gasteiger partial charge in [0.15, 0.2) is 11.5 Å². The van der Waals surface area contributed by atoms with E-state index in [1.54, 1.807) is 14.2 Å². The van der Waals surface area contributed by atoms with Crippen LogP contribution in [0.4, 0.5) is 5.69 Å². The highest BCUT2D eigenvalue weighted by Crippen LogP contribution is 2.44. The summed E-state index contributed by atoms with van der Waals surface area (Å²) in [5.41, 5.74) is 4.96. The number of para-hydroxylation sites is 1. The molecule has 1 amide bonds. The second kappa shape index (κ2) is 8.34. The van der Waals surface area contributed by atoms with Crippen LogP contribution < -0.4 is 19.1 Å². The average Bonchev–Trinajstić information content (AvgIpc) is 2.78. The maximum atomic E-state index is 13.3. The van der Waals surface area contributed by atoms with E-state index in [-0.39, 0.29) is 11.9 Å². The second-order valence-corrected chi connectivity index (χ2v) is 7.86. The fourth-order valence-electron chi connectivity index (χ4n) is 4.01. The van der Waals surface area contributed by atoms with Gasteiger partial charge in [-0.05, 0) is 67.3 Å². The van der Waals surface area contributed by atoms with Crippen molar-refractivity contribution in [2.24, 2.45) is 0 Å². The molecule has 31 heavy (non-hydrogen) atoms. The van der Waals surface area contributed by atoms with Gasteiger partial charge in [0.1, 0.15) is 11.8 Å². The van der Waals surface area contributed by atoms with Crippen molar-refractivity contribution in [3.63, 3.8) is 0 Å². The summed E-state index contributed by atoms with van der Waals surface area (Å²) in [6.45, 7) is 6.02. The largest absolute Gasteiger partial charge is 0.493 e. The Hall–Kier alpha value is -3.47. The molecule has 3 aromatic carbocycles. The van der Waals surface area contributed by atoms with Crippen LogP contribution in [0.5, 0.6) is 17.2 Å². The molecule has 5 heteroatoms. The number of methoxy groups -OCH3 is 2. The van der Waals surface area contributed by atoms with Crippen molar-refractivity contribution in [2.45, 2.75) is 32.9 Å². The van der Waals surface area contributed by atoms with Gasteiger partial charge in [-0.1, -0.05) is 36.4 Å². The average molecular weight is 418 g/mol. The minimum Gasteiger partial charge on any atom is -0.493 e. The van der Waals surface area contributed by atoms with Gasteiger partial charge in [-0.15, -0.1) is 0 Å². The molecular formula is C26H27NO4. The van der Waals surface area contributed by atoms with Crippen LogP contribution in [0.1, 0.15) is 28.3 Å². The summed E-state index contributed by atoms with van der Waals surface area (Å²) in [7, 11) is 3.22. The highest BCUT2D eigenvalue weighted by atomic mass is 16.5. The molecule has 0 radical (unpaired) electrons. The summed E-state index contributed by atoms with van der Waals surface area (Å²) in [6.07, 6.45) is -0.626. The van der Waals surface area contributed by atoms with Gasteiger partial charge in [-0.25, -0.2) is 0 Å². The Kier molecular flexibility index (Phi) is 5.59. The molecule has 0 aliphatic carbocycles. The van der Waals surface area contributed by atoms with Crippen LogP contribution in [0.3, 0.4) is 0 Å². The molecule has 0 saturated carbocycles. The Morgan fingerprint density at radius 3 is 2.23 bits per heavy atom. The number of nitrogens with zero attached hydrogens (tertiary/aromatic N) is 1. The molecule has 1 saturated heterocycles. The molecule has 1 heterocycles. The molecule has 1 fully saturated rings. The predicted molar refractivity (Wildman–Crippen MR) is 121 cm³/mol. The monoisotopic (exact) mass is 417 g/mol. The Bertz CT molecular complexity index is 1120. The standard InChI is InChI=1S/C26H27NO4/c1-16-10-11-17(2)20(14-16)27-24(19-12-13-22(29-4)23(15-19)30-5)25(26(27)28)31-21-9-7-6-8-18(21)3/h6-15,24-25H,1-5H3/t24-,25-/m1/s1. The number of rotatable bonds is 6. The summed E-state index contributed by atoms with van der Waals surface area (Å²) >= 11 is 0. The van der Waals surface area contributed by atoms with Crippen LogP contribution in [0.15, 0.2) is 60.7 Å². The van der Waals surface area contributed by atoms with E-state index in [1.165, 1.54) is 0 Å². The van der Waals surface area contributed by atoms with Crippen molar-refractivity contribution in [3.05, 3.63) is 82.9 Å². The Morgan fingerprint density at radius 2 is 1.52 bits per heavy atom. The highest BCUT2D eigenvalue weighted by Gasteiger charge is 2.51. The van der Waals surface area contributed by atoms with E-state index in [0.29, 0.717) is 17.2 Å². The minimum atomic E-state index is -0.626. The molecule has 0 N–H and O–H groups in total. The van der Waals surface area contributed by atoms with E-state index >= 15 is 0 Å². The fourth-order valence-corrected chi connectivity index (χ4v) is 4.01. The van der Waals surface area contributed by atoms with E-state index in [9.17, 15) is 4.79 Å². The van der Waals surface area contributed by atoms with Gasteiger partial charge in [0.2, 0.25) is 6.10 Å². The van der Waals surface area contributed by atoms with Gasteiger partial charge in [0.25, 0.3) is 5.91 Å². The van der Waals surface area contributed by atoms with Crippen LogP contribution in [0, 0.1) is 20.8 Å². The predicted octanol–water partition coefficient (Wildman–Crippen LogP) is 5.16. The Morgan fingerprint density at radius 1 is 0.774 bits per heavy atom. The Labute approximate surface area is 183 Å². The maximum absolute atomic E-state index is 13.3. The van der Waals surface area contributed by atoms with E-state index in [0.717, 1.165) is 27.9 Å². The third-order valence-electron chi connectivity index (χ3n) is 5.77.